The van der Waals surface area contributed by atoms with E-state index < -0.39 is 42.1 Å². The molecule has 45 heavy (non-hydrogen) atoms. The average molecular weight is 623 g/mol. The Morgan fingerprint density at radius 2 is 1.91 bits per heavy atom. The number of aromatic nitrogens is 2. The van der Waals surface area contributed by atoms with Crippen molar-refractivity contribution in [3.63, 3.8) is 0 Å². The zero-order valence-electron chi connectivity index (χ0n) is 27.0. The Morgan fingerprint density at radius 1 is 1.13 bits per heavy atom. The molecule has 6 atom stereocenters. The quantitative estimate of drug-likeness (QED) is 0.159. The van der Waals surface area contributed by atoms with E-state index >= 15 is 0 Å². The van der Waals surface area contributed by atoms with Crippen LogP contribution in [0.5, 0.6) is 11.6 Å². The van der Waals surface area contributed by atoms with Crippen LogP contribution >= 0.6 is 0 Å². The lowest BCUT2D eigenvalue weighted by Gasteiger charge is -2.28. The van der Waals surface area contributed by atoms with Crippen molar-refractivity contribution in [1.82, 2.24) is 20.2 Å². The van der Waals surface area contributed by atoms with Crippen LogP contribution < -0.4 is 14.8 Å². The molecule has 1 aromatic carbocycles. The number of ether oxygens (including phenoxy) is 4. The van der Waals surface area contributed by atoms with E-state index in [0.29, 0.717) is 34.8 Å². The zero-order chi connectivity index (χ0) is 32.7. The van der Waals surface area contributed by atoms with Crippen LogP contribution in [0.3, 0.4) is 0 Å². The highest BCUT2D eigenvalue weighted by molar-refractivity contribution is 5.90. The maximum absolute atomic E-state index is 13.8. The molecule has 1 aliphatic carbocycles. The smallest absolute Gasteiger partial charge is 0.408 e. The summed E-state index contributed by atoms with van der Waals surface area (Å²) in [6.45, 7) is 15.3. The second-order valence-corrected chi connectivity index (χ2v) is 12.2. The number of likely N-dealkylation sites (tertiary alicyclic amines) is 1. The van der Waals surface area contributed by atoms with Gasteiger partial charge < -0.3 is 29.2 Å². The number of unbranched alkanes of at least 4 members (excludes halogenated alkanes) is 1. The van der Waals surface area contributed by atoms with Crippen molar-refractivity contribution in [2.45, 2.75) is 84.1 Å². The lowest BCUT2D eigenvalue weighted by Crippen LogP contribution is -2.52. The van der Waals surface area contributed by atoms with Crippen LogP contribution in [0.4, 0.5) is 4.79 Å². The Bertz CT molecular complexity index is 1400. The molecule has 1 N–H and O–H groups in total. The molecule has 1 saturated heterocycles. The summed E-state index contributed by atoms with van der Waals surface area (Å²) in [5.41, 5.74) is 1.65. The molecule has 2 aromatic rings. The van der Waals surface area contributed by atoms with Gasteiger partial charge in [-0.15, -0.1) is 6.58 Å². The van der Waals surface area contributed by atoms with Gasteiger partial charge in [0, 0.05) is 12.0 Å². The second kappa shape index (κ2) is 15.2. The van der Waals surface area contributed by atoms with E-state index in [1.165, 1.54) is 4.90 Å². The van der Waals surface area contributed by atoms with Crippen molar-refractivity contribution >= 4 is 35.1 Å². The molecule has 6 unspecified atom stereocenters. The largest absolute Gasteiger partial charge is 0.497 e. The Balaban J connectivity index is 1.52. The summed E-state index contributed by atoms with van der Waals surface area (Å²) in [5, 5.41) is 2.66. The lowest BCUT2D eigenvalue weighted by molar-refractivity contribution is -0.156. The van der Waals surface area contributed by atoms with Crippen LogP contribution in [0.25, 0.3) is 17.1 Å². The van der Waals surface area contributed by atoms with E-state index in [1.54, 1.807) is 38.3 Å². The third-order valence-corrected chi connectivity index (χ3v) is 8.28. The molecule has 0 radical (unpaired) electrons. The fraction of sp³-hybridized carbons (Fsp3) is 0.559. The Hall–Kier alpha value is -4.15. The van der Waals surface area contributed by atoms with Crippen LogP contribution in [-0.4, -0.2) is 77.4 Å². The number of fused-ring (bicyclic) bond motifs is 1. The number of nitrogens with one attached hydrogen (secondary N) is 1. The molecule has 1 aromatic heterocycles. The van der Waals surface area contributed by atoms with Crippen LogP contribution in [-0.2, 0) is 19.1 Å². The molecule has 244 valence electrons. The number of allylic oxidation sites excluding steroid dienone is 1. The van der Waals surface area contributed by atoms with Crippen molar-refractivity contribution in [2.75, 3.05) is 20.3 Å². The van der Waals surface area contributed by atoms with Crippen molar-refractivity contribution in [3.05, 3.63) is 43.1 Å². The molecular formula is C34H46N4O7. The number of amides is 2. The number of benzene rings is 1. The molecule has 0 bridgehead atoms. The van der Waals surface area contributed by atoms with E-state index in [0.717, 1.165) is 25.7 Å². The molecule has 2 fully saturated rings. The SMILES string of the molecule is C=CCCCC1CC1OC(=O)NC(C)C(=O)N1CC(Oc2nc3cc(OC)ccc3nc2C=C)C(CC)C1C(=O)OCC(C)C. The van der Waals surface area contributed by atoms with E-state index in [9.17, 15) is 14.4 Å². The van der Waals surface area contributed by atoms with Crippen molar-refractivity contribution in [1.29, 1.82) is 0 Å². The van der Waals surface area contributed by atoms with Crippen LogP contribution in [0, 0.1) is 17.8 Å². The van der Waals surface area contributed by atoms with E-state index in [1.807, 2.05) is 26.8 Å². The molecular weight excluding hydrogens is 576 g/mol. The van der Waals surface area contributed by atoms with Crippen LogP contribution in [0.1, 0.15) is 65.5 Å². The number of nitrogens with zero attached hydrogens (tertiary/aromatic N) is 3. The second-order valence-electron chi connectivity index (χ2n) is 12.2. The number of carbonyl (C=O) groups excluding carboxylic acids is 3. The Labute approximate surface area is 265 Å². The lowest BCUT2D eigenvalue weighted by atomic mass is 9.95. The maximum Gasteiger partial charge on any atom is 0.408 e. The van der Waals surface area contributed by atoms with E-state index in [2.05, 4.69) is 28.4 Å². The van der Waals surface area contributed by atoms with Gasteiger partial charge in [0.25, 0.3) is 0 Å². The first-order chi connectivity index (χ1) is 21.6. The molecule has 2 amide bonds. The summed E-state index contributed by atoms with van der Waals surface area (Å²) >= 11 is 0. The minimum atomic E-state index is -0.941. The summed E-state index contributed by atoms with van der Waals surface area (Å²) in [5.74, 6) is -0.0388. The predicted molar refractivity (Wildman–Crippen MR) is 171 cm³/mol. The molecule has 4 rings (SSSR count). The molecule has 11 heteroatoms. The molecule has 1 saturated carbocycles. The number of alkyl carbamates (subject to hydrolysis) is 1. The Morgan fingerprint density at radius 3 is 2.58 bits per heavy atom. The normalized spacial score (nSPS) is 22.9. The van der Waals surface area contributed by atoms with Gasteiger partial charge in [-0.1, -0.05) is 33.4 Å². The first kappa shape index (κ1) is 33.7. The molecule has 2 heterocycles. The van der Waals surface area contributed by atoms with Gasteiger partial charge >= 0.3 is 12.1 Å². The third-order valence-electron chi connectivity index (χ3n) is 8.28. The third kappa shape index (κ3) is 8.32. The van der Waals surface area contributed by atoms with Gasteiger partial charge in [0.1, 0.15) is 35.7 Å². The zero-order valence-corrected chi connectivity index (χ0v) is 27.0. The summed E-state index contributed by atoms with van der Waals surface area (Å²) in [6.07, 6.45) is 6.27. The maximum atomic E-state index is 13.8. The predicted octanol–water partition coefficient (Wildman–Crippen LogP) is 5.32. The van der Waals surface area contributed by atoms with Gasteiger partial charge in [0.2, 0.25) is 11.8 Å². The first-order valence-electron chi connectivity index (χ1n) is 15.8. The minimum absolute atomic E-state index is 0.0856. The summed E-state index contributed by atoms with van der Waals surface area (Å²) in [6, 6.07) is 3.50. The fourth-order valence-corrected chi connectivity index (χ4v) is 5.72. The van der Waals surface area contributed by atoms with Gasteiger partial charge in [-0.2, -0.15) is 0 Å². The molecule has 2 aliphatic rings. The number of hydrogen-bond donors (Lipinski definition) is 1. The highest BCUT2D eigenvalue weighted by Gasteiger charge is 2.50. The number of carbonyl (C=O) groups is 3. The van der Waals surface area contributed by atoms with Gasteiger partial charge in [-0.25, -0.2) is 19.6 Å². The summed E-state index contributed by atoms with van der Waals surface area (Å²) in [4.78, 5) is 50.8. The topological polar surface area (TPSA) is 129 Å². The van der Waals surface area contributed by atoms with Crippen LogP contribution in [0.2, 0.25) is 0 Å². The molecule has 1 aliphatic heterocycles. The molecule has 0 spiro atoms. The highest BCUT2D eigenvalue weighted by atomic mass is 16.6. The van der Waals surface area contributed by atoms with Crippen molar-refractivity contribution < 1.29 is 33.3 Å². The average Bonchev–Trinajstić information content (AvgIpc) is 3.65. The number of rotatable bonds is 15. The monoisotopic (exact) mass is 622 g/mol. The van der Waals surface area contributed by atoms with Gasteiger partial charge in [0.15, 0.2) is 0 Å². The molecule has 11 nitrogen and oxygen atoms in total. The van der Waals surface area contributed by atoms with Gasteiger partial charge in [-0.05, 0) is 69.1 Å². The fourth-order valence-electron chi connectivity index (χ4n) is 5.72. The van der Waals surface area contributed by atoms with E-state index in [-0.39, 0.29) is 31.1 Å². The Kier molecular flexibility index (Phi) is 11.4. The van der Waals surface area contributed by atoms with Crippen molar-refractivity contribution in [2.24, 2.45) is 17.8 Å². The number of esters is 1. The minimum Gasteiger partial charge on any atom is -0.497 e. The highest BCUT2D eigenvalue weighted by Crippen LogP contribution is 2.38. The van der Waals surface area contributed by atoms with E-state index in [4.69, 9.17) is 18.9 Å². The van der Waals surface area contributed by atoms with Gasteiger partial charge in [0.05, 0.1) is 31.3 Å². The van der Waals surface area contributed by atoms with Crippen molar-refractivity contribution in [3.8, 4) is 11.6 Å². The number of methoxy groups -OCH3 is 1. The van der Waals surface area contributed by atoms with Crippen LogP contribution in [0.15, 0.2) is 37.4 Å². The van der Waals surface area contributed by atoms with Gasteiger partial charge in [-0.3, -0.25) is 4.79 Å². The first-order valence-corrected chi connectivity index (χ1v) is 15.8. The number of hydrogen-bond acceptors (Lipinski definition) is 9. The summed E-state index contributed by atoms with van der Waals surface area (Å²) in [7, 11) is 1.57. The summed E-state index contributed by atoms with van der Waals surface area (Å²) < 4.78 is 23.0. The standard InChI is InChI=1S/C34H46N4O7/c1-8-11-12-13-22-16-28(22)45-34(41)35-21(6)32(39)38-18-29(24(9-2)30(38)33(40)43-19-20(4)5)44-31-25(10-3)36-26-15-14-23(42-7)17-27(26)37-31/h8,10,14-15,17,20-22,24,28-30H,1,3,9,11-13,16,18-19H2,2,4-7H3,(H,35,41).